The Morgan fingerprint density at radius 1 is 1.12 bits per heavy atom. The van der Waals surface area contributed by atoms with E-state index >= 15 is 0 Å². The van der Waals surface area contributed by atoms with Crippen LogP contribution >= 0.6 is 0 Å². The fourth-order valence-electron chi connectivity index (χ4n) is 2.79. The first-order valence-electron chi connectivity index (χ1n) is 8.07. The summed E-state index contributed by atoms with van der Waals surface area (Å²) in [5, 5.41) is 18.4. The van der Waals surface area contributed by atoms with Gasteiger partial charge < -0.3 is 19.8 Å². The van der Waals surface area contributed by atoms with Gasteiger partial charge in [0.05, 0.1) is 12.1 Å². The molecule has 0 aliphatic carbocycles. The van der Waals surface area contributed by atoms with Crippen LogP contribution in [0, 0.1) is 0 Å². The summed E-state index contributed by atoms with van der Waals surface area (Å²) in [7, 11) is 0. The number of ether oxygens (including phenoxy) is 1. The molecule has 0 spiro atoms. The third-order valence-electron chi connectivity index (χ3n) is 4.21. The van der Waals surface area contributed by atoms with Crippen LogP contribution in [0.2, 0.25) is 0 Å². The minimum Gasteiger partial charge on any atom is -0.508 e. The Morgan fingerprint density at radius 3 is 2.60 bits per heavy atom. The van der Waals surface area contributed by atoms with Gasteiger partial charge in [-0.3, -0.25) is 4.79 Å². The number of phenols is 1. The lowest BCUT2D eigenvalue weighted by Gasteiger charge is -2.20. The van der Waals surface area contributed by atoms with Crippen molar-refractivity contribution in [3.63, 3.8) is 0 Å². The number of phenolic OH excluding ortho intramolecular Hbond substituents is 1. The summed E-state index contributed by atoms with van der Waals surface area (Å²) in [5.41, 5.74) is 2.03. The lowest BCUT2D eigenvalue weighted by atomic mass is 10.1. The quantitative estimate of drug-likeness (QED) is 0.892. The molecule has 130 valence electrons. The molecule has 6 nitrogen and oxygen atoms in total. The second-order valence-electron chi connectivity index (χ2n) is 5.96. The number of nitrogens with zero attached hydrogens (tertiary/aromatic N) is 1. The standard InChI is InChI=1S/C19H19NO5/c21-16-7-6-15-12-20(9-10-25-17(15)11-16)18(22)8-3-13-1-4-14(5-2-13)19(23)24/h1-2,4-7,11,21H,3,8-10,12H2,(H,23,24). The normalized spacial score (nSPS) is 13.5. The third kappa shape index (κ3) is 4.09. The first-order valence-corrected chi connectivity index (χ1v) is 8.07. The predicted octanol–water partition coefficient (Wildman–Crippen LogP) is 2.44. The largest absolute Gasteiger partial charge is 0.508 e. The molecule has 0 radical (unpaired) electrons. The second kappa shape index (κ2) is 7.25. The van der Waals surface area contributed by atoms with Crippen LogP contribution in [-0.4, -0.2) is 40.1 Å². The van der Waals surface area contributed by atoms with Crippen molar-refractivity contribution >= 4 is 11.9 Å². The van der Waals surface area contributed by atoms with Gasteiger partial charge in [-0.2, -0.15) is 0 Å². The van der Waals surface area contributed by atoms with Gasteiger partial charge in [-0.1, -0.05) is 12.1 Å². The van der Waals surface area contributed by atoms with Crippen molar-refractivity contribution in [3.05, 3.63) is 59.2 Å². The number of hydrogen-bond donors (Lipinski definition) is 2. The Balaban J connectivity index is 1.61. The second-order valence-corrected chi connectivity index (χ2v) is 5.96. The van der Waals surface area contributed by atoms with E-state index in [2.05, 4.69) is 0 Å². The number of aryl methyl sites for hydroxylation is 1. The lowest BCUT2D eigenvalue weighted by Crippen LogP contribution is -2.32. The molecule has 1 amide bonds. The Labute approximate surface area is 145 Å². The van der Waals surface area contributed by atoms with Crippen LogP contribution in [0.15, 0.2) is 42.5 Å². The topological polar surface area (TPSA) is 87.1 Å². The molecule has 6 heteroatoms. The summed E-state index contributed by atoms with van der Waals surface area (Å²) in [4.78, 5) is 25.1. The number of aromatic carboxylic acids is 1. The first kappa shape index (κ1) is 16.8. The minimum atomic E-state index is -0.961. The van der Waals surface area contributed by atoms with Crippen molar-refractivity contribution in [2.75, 3.05) is 13.2 Å². The number of carbonyl (C=O) groups excluding carboxylic acids is 1. The van der Waals surface area contributed by atoms with Crippen LogP contribution in [-0.2, 0) is 17.8 Å². The van der Waals surface area contributed by atoms with Gasteiger partial charge in [0, 0.05) is 24.6 Å². The maximum atomic E-state index is 12.5. The molecule has 3 rings (SSSR count). The van der Waals surface area contributed by atoms with Crippen LogP contribution < -0.4 is 4.74 Å². The van der Waals surface area contributed by atoms with Crippen molar-refractivity contribution in [1.82, 2.24) is 4.90 Å². The van der Waals surface area contributed by atoms with E-state index in [4.69, 9.17) is 9.84 Å². The van der Waals surface area contributed by atoms with Crippen LogP contribution in [0.1, 0.15) is 27.9 Å². The molecule has 1 heterocycles. The Morgan fingerprint density at radius 2 is 1.88 bits per heavy atom. The Kier molecular flexibility index (Phi) is 4.88. The number of fused-ring (bicyclic) bond motifs is 1. The zero-order valence-corrected chi connectivity index (χ0v) is 13.6. The summed E-state index contributed by atoms with van der Waals surface area (Å²) in [5.74, 6) is -0.188. The average Bonchev–Trinajstić information content (AvgIpc) is 2.82. The molecule has 0 saturated carbocycles. The van der Waals surface area contributed by atoms with Crippen LogP contribution in [0.3, 0.4) is 0 Å². The highest BCUT2D eigenvalue weighted by molar-refractivity contribution is 5.87. The molecule has 2 aromatic carbocycles. The minimum absolute atomic E-state index is 0.0202. The molecule has 0 atom stereocenters. The van der Waals surface area contributed by atoms with Gasteiger partial charge in [-0.15, -0.1) is 0 Å². The monoisotopic (exact) mass is 341 g/mol. The summed E-state index contributed by atoms with van der Waals surface area (Å²) >= 11 is 0. The number of carboxylic acids is 1. The van der Waals surface area contributed by atoms with Crippen molar-refractivity contribution in [3.8, 4) is 11.5 Å². The molecule has 0 aromatic heterocycles. The fourth-order valence-corrected chi connectivity index (χ4v) is 2.79. The molecule has 2 N–H and O–H groups in total. The molecule has 2 aromatic rings. The van der Waals surface area contributed by atoms with Gasteiger partial charge in [-0.05, 0) is 36.2 Å². The summed E-state index contributed by atoms with van der Waals surface area (Å²) in [6.07, 6.45) is 0.901. The highest BCUT2D eigenvalue weighted by Crippen LogP contribution is 2.27. The van der Waals surface area contributed by atoms with Gasteiger partial charge in [0.1, 0.15) is 18.1 Å². The van der Waals surface area contributed by atoms with Gasteiger partial charge in [0.2, 0.25) is 5.91 Å². The van der Waals surface area contributed by atoms with Crippen LogP contribution in [0.25, 0.3) is 0 Å². The van der Waals surface area contributed by atoms with E-state index in [1.807, 2.05) is 0 Å². The van der Waals surface area contributed by atoms with Crippen LogP contribution in [0.4, 0.5) is 0 Å². The van der Waals surface area contributed by atoms with Crippen molar-refractivity contribution in [2.24, 2.45) is 0 Å². The van der Waals surface area contributed by atoms with E-state index in [0.717, 1.165) is 11.1 Å². The number of carbonyl (C=O) groups is 2. The highest BCUT2D eigenvalue weighted by Gasteiger charge is 2.20. The van der Waals surface area contributed by atoms with Gasteiger partial charge >= 0.3 is 5.97 Å². The SMILES string of the molecule is O=C(O)c1ccc(CCC(=O)N2CCOc3cc(O)ccc3C2)cc1. The van der Waals surface area contributed by atoms with Gasteiger partial charge in [0.15, 0.2) is 0 Å². The fraction of sp³-hybridized carbons (Fsp3) is 0.263. The summed E-state index contributed by atoms with van der Waals surface area (Å²) < 4.78 is 5.60. The molecule has 1 aliphatic heterocycles. The van der Waals surface area contributed by atoms with E-state index in [1.165, 1.54) is 0 Å². The Hall–Kier alpha value is -3.02. The number of amides is 1. The molecule has 0 saturated heterocycles. The lowest BCUT2D eigenvalue weighted by molar-refractivity contribution is -0.131. The number of hydrogen-bond acceptors (Lipinski definition) is 4. The number of carboxylic acid groups (broad SMARTS) is 1. The third-order valence-corrected chi connectivity index (χ3v) is 4.21. The molecular weight excluding hydrogens is 322 g/mol. The summed E-state index contributed by atoms with van der Waals surface area (Å²) in [6, 6.07) is 11.5. The molecular formula is C19H19NO5. The number of benzene rings is 2. The van der Waals surface area contributed by atoms with E-state index in [-0.39, 0.29) is 17.2 Å². The van der Waals surface area contributed by atoms with Gasteiger partial charge in [0.25, 0.3) is 0 Å². The smallest absolute Gasteiger partial charge is 0.335 e. The Bertz CT molecular complexity index is 785. The molecule has 0 fully saturated rings. The van der Waals surface area contributed by atoms with Crippen molar-refractivity contribution in [2.45, 2.75) is 19.4 Å². The molecule has 0 unspecified atom stereocenters. The van der Waals surface area contributed by atoms with Crippen molar-refractivity contribution in [1.29, 1.82) is 0 Å². The average molecular weight is 341 g/mol. The first-order chi connectivity index (χ1) is 12.0. The highest BCUT2D eigenvalue weighted by atomic mass is 16.5. The maximum Gasteiger partial charge on any atom is 0.335 e. The molecule has 25 heavy (non-hydrogen) atoms. The van der Waals surface area contributed by atoms with E-state index < -0.39 is 5.97 Å². The molecule has 0 bridgehead atoms. The van der Waals surface area contributed by atoms with E-state index in [0.29, 0.717) is 38.3 Å². The number of aromatic hydroxyl groups is 1. The van der Waals surface area contributed by atoms with Crippen molar-refractivity contribution < 1.29 is 24.5 Å². The zero-order valence-electron chi connectivity index (χ0n) is 13.6. The van der Waals surface area contributed by atoms with E-state index in [1.54, 1.807) is 47.4 Å². The predicted molar refractivity (Wildman–Crippen MR) is 90.7 cm³/mol. The number of rotatable bonds is 4. The maximum absolute atomic E-state index is 12.5. The zero-order chi connectivity index (χ0) is 17.8. The van der Waals surface area contributed by atoms with Gasteiger partial charge in [-0.25, -0.2) is 4.79 Å². The summed E-state index contributed by atoms with van der Waals surface area (Å²) in [6.45, 7) is 1.33. The molecule has 1 aliphatic rings. The van der Waals surface area contributed by atoms with Crippen LogP contribution in [0.5, 0.6) is 11.5 Å². The van der Waals surface area contributed by atoms with E-state index in [9.17, 15) is 14.7 Å².